The van der Waals surface area contributed by atoms with Crippen molar-refractivity contribution in [1.29, 1.82) is 5.26 Å². The number of nitriles is 1. The number of hydrogen-bond acceptors (Lipinski definition) is 5. The van der Waals surface area contributed by atoms with Crippen LogP contribution in [0.25, 0.3) is 11.1 Å². The number of anilines is 1. The van der Waals surface area contributed by atoms with Crippen molar-refractivity contribution < 1.29 is 13.2 Å². The van der Waals surface area contributed by atoms with Crippen LogP contribution in [0.4, 0.5) is 5.69 Å². The molecule has 0 amide bonds. The van der Waals surface area contributed by atoms with Crippen LogP contribution in [0.2, 0.25) is 0 Å². The molecule has 0 bridgehead atoms. The van der Waals surface area contributed by atoms with Crippen LogP contribution in [0.15, 0.2) is 65.7 Å². The largest absolute Gasteiger partial charge is 0.489 e. The Morgan fingerprint density at radius 2 is 1.82 bits per heavy atom. The van der Waals surface area contributed by atoms with Gasteiger partial charge in [0.05, 0.1) is 23.9 Å². The van der Waals surface area contributed by atoms with E-state index >= 15 is 0 Å². The molecule has 0 saturated carbocycles. The fourth-order valence-electron chi connectivity index (χ4n) is 3.09. The van der Waals surface area contributed by atoms with Gasteiger partial charge in [0, 0.05) is 11.9 Å². The quantitative estimate of drug-likeness (QED) is 0.682. The fraction of sp³-hybridized carbons (Fsp3) is 0.143. The number of sulfonamides is 1. The molecular formula is C21H17N3O3S. The molecule has 0 N–H and O–H groups in total. The number of ether oxygens (including phenoxy) is 1. The van der Waals surface area contributed by atoms with E-state index in [1.807, 2.05) is 25.1 Å². The molecule has 2 aromatic carbocycles. The minimum absolute atomic E-state index is 0.148. The van der Waals surface area contributed by atoms with Crippen LogP contribution in [0.5, 0.6) is 5.75 Å². The van der Waals surface area contributed by atoms with Crippen molar-refractivity contribution >= 4 is 15.7 Å². The first-order valence-electron chi connectivity index (χ1n) is 8.72. The molecule has 1 aliphatic rings. The predicted octanol–water partition coefficient (Wildman–Crippen LogP) is 3.52. The highest BCUT2D eigenvalue weighted by molar-refractivity contribution is 7.92. The van der Waals surface area contributed by atoms with Crippen molar-refractivity contribution in [2.75, 3.05) is 17.5 Å². The zero-order valence-electron chi connectivity index (χ0n) is 15.2. The first-order chi connectivity index (χ1) is 13.5. The van der Waals surface area contributed by atoms with Crippen molar-refractivity contribution in [2.24, 2.45) is 0 Å². The lowest BCUT2D eigenvalue weighted by molar-refractivity contribution is 0.316. The highest BCUT2D eigenvalue weighted by atomic mass is 32.2. The molecule has 6 nitrogen and oxygen atoms in total. The van der Waals surface area contributed by atoms with Crippen LogP contribution in [-0.4, -0.2) is 26.6 Å². The van der Waals surface area contributed by atoms with Gasteiger partial charge in [0.15, 0.2) is 0 Å². The molecule has 1 aromatic heterocycles. The van der Waals surface area contributed by atoms with Gasteiger partial charge in [-0.25, -0.2) is 8.42 Å². The Hall–Kier alpha value is -3.37. The molecule has 0 unspecified atom stereocenters. The second kappa shape index (κ2) is 6.98. The molecule has 28 heavy (non-hydrogen) atoms. The molecule has 7 heteroatoms. The maximum Gasteiger partial charge on any atom is 0.266 e. The minimum Gasteiger partial charge on any atom is -0.489 e. The number of aromatic nitrogens is 1. The highest BCUT2D eigenvalue weighted by Gasteiger charge is 2.30. The predicted molar refractivity (Wildman–Crippen MR) is 106 cm³/mol. The summed E-state index contributed by atoms with van der Waals surface area (Å²) in [6, 6.07) is 17.9. The van der Waals surface area contributed by atoms with Gasteiger partial charge in [-0.1, -0.05) is 18.2 Å². The number of benzene rings is 2. The smallest absolute Gasteiger partial charge is 0.266 e. The monoisotopic (exact) mass is 391 g/mol. The molecule has 1 aliphatic heterocycles. The van der Waals surface area contributed by atoms with Gasteiger partial charge in [-0.3, -0.25) is 9.29 Å². The summed E-state index contributed by atoms with van der Waals surface area (Å²) in [4.78, 5) is 4.26. The van der Waals surface area contributed by atoms with E-state index in [2.05, 4.69) is 11.1 Å². The summed E-state index contributed by atoms with van der Waals surface area (Å²) in [6.07, 6.45) is 1.38. The zero-order chi connectivity index (χ0) is 19.7. The van der Waals surface area contributed by atoms with E-state index in [-0.39, 0.29) is 18.0 Å². The molecule has 0 saturated heterocycles. The second-order valence-corrected chi connectivity index (χ2v) is 8.29. The Balaban J connectivity index is 1.77. The number of aryl methyl sites for hydroxylation is 1. The Kier molecular flexibility index (Phi) is 4.49. The van der Waals surface area contributed by atoms with E-state index in [0.717, 1.165) is 16.8 Å². The number of fused-ring (bicyclic) bond motifs is 1. The molecule has 0 aliphatic carbocycles. The van der Waals surface area contributed by atoms with Gasteiger partial charge < -0.3 is 4.74 Å². The van der Waals surface area contributed by atoms with E-state index in [1.54, 1.807) is 36.4 Å². The van der Waals surface area contributed by atoms with Crippen LogP contribution in [-0.2, 0) is 10.0 Å². The Bertz CT molecular complexity index is 1170. The number of pyridine rings is 1. The summed E-state index contributed by atoms with van der Waals surface area (Å²) >= 11 is 0. The average molecular weight is 391 g/mol. The van der Waals surface area contributed by atoms with Gasteiger partial charge in [0.25, 0.3) is 10.0 Å². The van der Waals surface area contributed by atoms with E-state index in [9.17, 15) is 8.42 Å². The molecule has 140 valence electrons. The summed E-state index contributed by atoms with van der Waals surface area (Å²) in [7, 11) is -3.75. The van der Waals surface area contributed by atoms with Gasteiger partial charge >= 0.3 is 0 Å². The summed E-state index contributed by atoms with van der Waals surface area (Å²) in [5.41, 5.74) is 3.55. The van der Waals surface area contributed by atoms with Gasteiger partial charge in [-0.05, 0) is 54.4 Å². The first-order valence-corrected chi connectivity index (χ1v) is 10.2. The third-order valence-corrected chi connectivity index (χ3v) is 6.40. The Morgan fingerprint density at radius 3 is 2.50 bits per heavy atom. The van der Waals surface area contributed by atoms with E-state index in [4.69, 9.17) is 10.00 Å². The topological polar surface area (TPSA) is 83.3 Å². The normalized spacial score (nSPS) is 13.4. The van der Waals surface area contributed by atoms with Gasteiger partial charge in [0.1, 0.15) is 17.3 Å². The van der Waals surface area contributed by atoms with Crippen molar-refractivity contribution in [3.05, 3.63) is 72.1 Å². The third-order valence-electron chi connectivity index (χ3n) is 4.60. The lowest BCUT2D eigenvalue weighted by Crippen LogP contribution is -2.38. The maximum absolute atomic E-state index is 13.2. The van der Waals surface area contributed by atoms with Gasteiger partial charge in [-0.2, -0.15) is 5.26 Å². The van der Waals surface area contributed by atoms with E-state index in [0.29, 0.717) is 17.0 Å². The average Bonchev–Trinajstić information content (AvgIpc) is 2.73. The molecule has 0 atom stereocenters. The first kappa shape index (κ1) is 18.0. The van der Waals surface area contributed by atoms with Crippen molar-refractivity contribution in [3.8, 4) is 22.9 Å². The molecule has 3 aromatic rings. The van der Waals surface area contributed by atoms with E-state index < -0.39 is 10.0 Å². The number of hydrogen-bond donors (Lipinski definition) is 0. The zero-order valence-corrected chi connectivity index (χ0v) is 16.0. The lowest BCUT2D eigenvalue weighted by Gasteiger charge is -2.30. The SMILES string of the molecule is Cc1ccc(S(=O)(=O)N2CCOc3ccc(-c4ccc(C#N)cc4)cc32)cn1. The number of rotatable bonds is 3. The van der Waals surface area contributed by atoms with Crippen molar-refractivity contribution in [2.45, 2.75) is 11.8 Å². The molecule has 0 fully saturated rings. The third kappa shape index (κ3) is 3.19. The summed E-state index contributed by atoms with van der Waals surface area (Å²) in [6.45, 7) is 2.31. The van der Waals surface area contributed by atoms with Gasteiger partial charge in [0.2, 0.25) is 0 Å². The molecular weight excluding hydrogens is 374 g/mol. The fourth-order valence-corrected chi connectivity index (χ4v) is 4.49. The Labute approximate surface area is 163 Å². The lowest BCUT2D eigenvalue weighted by atomic mass is 10.0. The molecule has 0 spiro atoms. The van der Waals surface area contributed by atoms with Crippen LogP contribution in [0.3, 0.4) is 0 Å². The van der Waals surface area contributed by atoms with Crippen LogP contribution in [0, 0.1) is 18.3 Å². The summed E-state index contributed by atoms with van der Waals surface area (Å²) in [5.74, 6) is 0.521. The highest BCUT2D eigenvalue weighted by Crippen LogP contribution is 2.38. The Morgan fingerprint density at radius 1 is 1.07 bits per heavy atom. The second-order valence-electron chi connectivity index (χ2n) is 6.43. The molecule has 2 heterocycles. The van der Waals surface area contributed by atoms with Crippen LogP contribution < -0.4 is 9.04 Å². The standard InChI is InChI=1S/C21H17N3O3S/c1-15-2-8-19(14-23-15)28(25,26)24-10-11-27-21-9-7-18(12-20(21)24)17-5-3-16(13-22)4-6-17/h2-9,12,14H,10-11H2,1H3. The maximum atomic E-state index is 13.2. The van der Waals surface area contributed by atoms with Crippen LogP contribution >= 0.6 is 0 Å². The summed E-state index contributed by atoms with van der Waals surface area (Å²) < 4.78 is 33.4. The minimum atomic E-state index is -3.75. The van der Waals surface area contributed by atoms with Crippen molar-refractivity contribution in [1.82, 2.24) is 4.98 Å². The van der Waals surface area contributed by atoms with Crippen molar-refractivity contribution in [3.63, 3.8) is 0 Å². The van der Waals surface area contributed by atoms with Gasteiger partial charge in [-0.15, -0.1) is 0 Å². The van der Waals surface area contributed by atoms with E-state index in [1.165, 1.54) is 10.5 Å². The number of nitrogens with zero attached hydrogens (tertiary/aromatic N) is 3. The van der Waals surface area contributed by atoms with Crippen LogP contribution in [0.1, 0.15) is 11.3 Å². The summed E-state index contributed by atoms with van der Waals surface area (Å²) in [5, 5.41) is 8.96. The molecule has 4 rings (SSSR count). The molecule has 0 radical (unpaired) electrons.